The molecule has 1 fully saturated rings. The zero-order valence-corrected chi connectivity index (χ0v) is 13.4. The molecule has 1 saturated heterocycles. The number of anilines is 1. The minimum Gasteiger partial charge on any atom is -0.380 e. The number of carbonyl (C=O) groups excluding carboxylic acids is 1. The first-order valence-electron chi connectivity index (χ1n) is 7.95. The first-order valence-corrected chi connectivity index (χ1v) is 7.95. The molecule has 23 heavy (non-hydrogen) atoms. The monoisotopic (exact) mass is 310 g/mol. The van der Waals surface area contributed by atoms with Crippen molar-refractivity contribution >= 4 is 11.7 Å². The highest BCUT2D eigenvalue weighted by Crippen LogP contribution is 2.27. The van der Waals surface area contributed by atoms with Crippen molar-refractivity contribution in [1.82, 2.24) is 4.90 Å². The summed E-state index contributed by atoms with van der Waals surface area (Å²) in [4.78, 5) is 14.3. The van der Waals surface area contributed by atoms with Crippen molar-refractivity contribution in [3.8, 4) is 0 Å². The fourth-order valence-corrected chi connectivity index (χ4v) is 3.05. The number of carbonyl (C=O) groups is 1. The molecule has 4 heteroatoms. The van der Waals surface area contributed by atoms with Gasteiger partial charge in [0.05, 0.1) is 6.61 Å². The van der Waals surface area contributed by atoms with Crippen LogP contribution in [0.15, 0.2) is 54.6 Å². The fraction of sp³-hybridized carbons (Fsp3) is 0.316. The van der Waals surface area contributed by atoms with Gasteiger partial charge in [-0.05, 0) is 29.7 Å². The van der Waals surface area contributed by atoms with Gasteiger partial charge in [0, 0.05) is 31.8 Å². The van der Waals surface area contributed by atoms with E-state index in [4.69, 9.17) is 4.74 Å². The van der Waals surface area contributed by atoms with Gasteiger partial charge in [0.1, 0.15) is 0 Å². The third kappa shape index (κ3) is 3.90. The van der Waals surface area contributed by atoms with Crippen molar-refractivity contribution < 1.29 is 9.53 Å². The molecule has 2 amide bonds. The second kappa shape index (κ2) is 7.29. The van der Waals surface area contributed by atoms with Crippen LogP contribution in [-0.2, 0) is 11.3 Å². The molecular weight excluding hydrogens is 288 g/mol. The molecule has 3 rings (SSSR count). The predicted octanol–water partition coefficient (Wildman–Crippen LogP) is 3.85. The van der Waals surface area contributed by atoms with Crippen LogP contribution < -0.4 is 5.32 Å². The smallest absolute Gasteiger partial charge is 0.321 e. The third-order valence-electron chi connectivity index (χ3n) is 4.24. The van der Waals surface area contributed by atoms with Gasteiger partial charge in [-0.3, -0.25) is 0 Å². The minimum atomic E-state index is -0.0296. The quantitative estimate of drug-likeness (QED) is 0.932. The highest BCUT2D eigenvalue weighted by molar-refractivity contribution is 5.89. The molecule has 1 heterocycles. The number of hydrogen-bond donors (Lipinski definition) is 1. The summed E-state index contributed by atoms with van der Waals surface area (Å²) in [6.07, 6.45) is 1.02. The summed E-state index contributed by atoms with van der Waals surface area (Å²) in [6.45, 7) is 2.11. The van der Waals surface area contributed by atoms with E-state index in [1.165, 1.54) is 5.56 Å². The molecule has 2 aromatic carbocycles. The maximum atomic E-state index is 12.4. The summed E-state index contributed by atoms with van der Waals surface area (Å²) < 4.78 is 5.13. The summed E-state index contributed by atoms with van der Waals surface area (Å²) in [6, 6.07) is 18.2. The van der Waals surface area contributed by atoms with Crippen molar-refractivity contribution in [2.75, 3.05) is 25.5 Å². The van der Waals surface area contributed by atoms with Gasteiger partial charge in [0.15, 0.2) is 0 Å². The van der Waals surface area contributed by atoms with E-state index in [0.717, 1.165) is 30.8 Å². The Bertz CT molecular complexity index is 657. The van der Waals surface area contributed by atoms with E-state index in [-0.39, 0.29) is 6.03 Å². The molecule has 0 saturated carbocycles. The number of nitrogens with one attached hydrogen (secondary N) is 1. The molecule has 0 spiro atoms. The average Bonchev–Trinajstić information content (AvgIpc) is 3.06. The van der Waals surface area contributed by atoms with E-state index >= 15 is 0 Å². The maximum Gasteiger partial charge on any atom is 0.321 e. The van der Waals surface area contributed by atoms with E-state index in [1.54, 1.807) is 7.11 Å². The number of likely N-dealkylation sites (tertiary alicyclic amines) is 1. The zero-order chi connectivity index (χ0) is 16.1. The molecule has 1 atom stereocenters. The number of ether oxygens (including phenoxy) is 1. The Morgan fingerprint density at radius 2 is 2.04 bits per heavy atom. The Morgan fingerprint density at radius 1 is 1.22 bits per heavy atom. The Hall–Kier alpha value is -2.33. The van der Waals surface area contributed by atoms with Gasteiger partial charge >= 0.3 is 6.03 Å². The first kappa shape index (κ1) is 15.6. The second-order valence-electron chi connectivity index (χ2n) is 5.91. The van der Waals surface area contributed by atoms with Crippen molar-refractivity contribution in [3.63, 3.8) is 0 Å². The van der Waals surface area contributed by atoms with Crippen molar-refractivity contribution in [2.45, 2.75) is 18.9 Å². The summed E-state index contributed by atoms with van der Waals surface area (Å²) in [5.74, 6) is 0.432. The van der Waals surface area contributed by atoms with Crippen molar-refractivity contribution in [3.05, 3.63) is 65.7 Å². The molecular formula is C19H22N2O2. The van der Waals surface area contributed by atoms with E-state index in [2.05, 4.69) is 29.6 Å². The molecule has 0 unspecified atom stereocenters. The maximum absolute atomic E-state index is 12.4. The summed E-state index contributed by atoms with van der Waals surface area (Å²) >= 11 is 0. The number of amides is 2. The largest absolute Gasteiger partial charge is 0.380 e. The van der Waals surface area contributed by atoms with Crippen molar-refractivity contribution in [2.24, 2.45) is 0 Å². The third-order valence-corrected chi connectivity index (χ3v) is 4.24. The van der Waals surface area contributed by atoms with Crippen LogP contribution in [0.1, 0.15) is 23.5 Å². The molecule has 4 nitrogen and oxygen atoms in total. The number of methoxy groups -OCH3 is 1. The molecule has 0 bridgehead atoms. The van der Waals surface area contributed by atoms with Crippen LogP contribution >= 0.6 is 0 Å². The van der Waals surface area contributed by atoms with Gasteiger partial charge in [-0.25, -0.2) is 4.79 Å². The van der Waals surface area contributed by atoms with Crippen LogP contribution in [0.4, 0.5) is 10.5 Å². The van der Waals surface area contributed by atoms with E-state index < -0.39 is 0 Å². The first-order chi connectivity index (χ1) is 11.3. The number of benzene rings is 2. The number of urea groups is 1. The lowest BCUT2D eigenvalue weighted by molar-refractivity contribution is 0.185. The Kier molecular flexibility index (Phi) is 4.93. The lowest BCUT2D eigenvalue weighted by Gasteiger charge is -2.18. The standard InChI is InChI=1S/C19H22N2O2/c1-23-14-15-6-5-9-18(12-15)20-19(22)21-11-10-17(13-21)16-7-3-2-4-8-16/h2-9,12,17H,10-11,13-14H2,1H3,(H,20,22)/t17-/m0/s1. The van der Waals surface area contributed by atoms with Gasteiger partial charge in [-0.2, -0.15) is 0 Å². The minimum absolute atomic E-state index is 0.0296. The molecule has 120 valence electrons. The zero-order valence-electron chi connectivity index (χ0n) is 13.4. The van der Waals surface area contributed by atoms with Gasteiger partial charge in [-0.15, -0.1) is 0 Å². The molecule has 0 aromatic heterocycles. The van der Waals surface area contributed by atoms with Crippen molar-refractivity contribution in [1.29, 1.82) is 0 Å². The molecule has 1 N–H and O–H groups in total. The highest BCUT2D eigenvalue weighted by Gasteiger charge is 2.27. The van der Waals surface area contributed by atoms with E-state index in [1.807, 2.05) is 35.2 Å². The lowest BCUT2D eigenvalue weighted by atomic mass is 9.99. The van der Waals surface area contributed by atoms with Gasteiger partial charge < -0.3 is 15.0 Å². The summed E-state index contributed by atoms with van der Waals surface area (Å²) in [7, 11) is 1.67. The van der Waals surface area contributed by atoms with E-state index in [9.17, 15) is 4.79 Å². The fourth-order valence-electron chi connectivity index (χ4n) is 3.05. The summed E-state index contributed by atoms with van der Waals surface area (Å²) in [5, 5.41) is 2.99. The Balaban J connectivity index is 1.60. The van der Waals surface area contributed by atoms with Crippen LogP contribution in [0.5, 0.6) is 0 Å². The average molecular weight is 310 g/mol. The van der Waals surface area contributed by atoms with Crippen LogP contribution in [0, 0.1) is 0 Å². The topological polar surface area (TPSA) is 41.6 Å². The number of rotatable bonds is 4. The van der Waals surface area contributed by atoms with Crippen LogP contribution in [0.25, 0.3) is 0 Å². The Morgan fingerprint density at radius 3 is 2.83 bits per heavy atom. The SMILES string of the molecule is COCc1cccc(NC(=O)N2CC[C@H](c3ccccc3)C2)c1. The lowest BCUT2D eigenvalue weighted by Crippen LogP contribution is -2.32. The number of hydrogen-bond acceptors (Lipinski definition) is 2. The van der Waals surface area contributed by atoms with Gasteiger partial charge in [0.25, 0.3) is 0 Å². The van der Waals surface area contributed by atoms with Gasteiger partial charge in [-0.1, -0.05) is 42.5 Å². The molecule has 1 aliphatic rings. The van der Waals surface area contributed by atoms with Gasteiger partial charge in [0.2, 0.25) is 0 Å². The summed E-state index contributed by atoms with van der Waals surface area (Å²) in [5.41, 5.74) is 3.17. The van der Waals surface area contributed by atoms with E-state index in [0.29, 0.717) is 12.5 Å². The Labute approximate surface area is 137 Å². The second-order valence-corrected chi connectivity index (χ2v) is 5.91. The van der Waals surface area contributed by atoms with Crippen LogP contribution in [0.2, 0.25) is 0 Å². The highest BCUT2D eigenvalue weighted by atomic mass is 16.5. The molecule has 0 aliphatic carbocycles. The van der Waals surface area contributed by atoms with Crippen LogP contribution in [0.3, 0.4) is 0 Å². The van der Waals surface area contributed by atoms with Crippen LogP contribution in [-0.4, -0.2) is 31.1 Å². The number of nitrogens with zero attached hydrogens (tertiary/aromatic N) is 1. The normalized spacial score (nSPS) is 17.3. The predicted molar refractivity (Wildman–Crippen MR) is 91.5 cm³/mol. The molecule has 2 aromatic rings. The molecule has 1 aliphatic heterocycles. The molecule has 0 radical (unpaired) electrons.